The number of nitrogens with one attached hydrogen (secondary N) is 2. The van der Waals surface area contributed by atoms with E-state index in [1.54, 1.807) is 4.90 Å². The van der Waals surface area contributed by atoms with Crippen molar-refractivity contribution in [2.45, 2.75) is 95.4 Å². The van der Waals surface area contributed by atoms with E-state index in [4.69, 9.17) is 9.72 Å². The van der Waals surface area contributed by atoms with Gasteiger partial charge in [-0.2, -0.15) is 0 Å². The van der Waals surface area contributed by atoms with Crippen molar-refractivity contribution in [3.8, 4) is 5.75 Å². The van der Waals surface area contributed by atoms with E-state index in [-0.39, 0.29) is 30.0 Å². The van der Waals surface area contributed by atoms with Crippen molar-refractivity contribution in [3.05, 3.63) is 35.9 Å². The zero-order chi connectivity index (χ0) is 28.5. The van der Waals surface area contributed by atoms with Crippen molar-refractivity contribution in [2.24, 2.45) is 0 Å². The van der Waals surface area contributed by atoms with Gasteiger partial charge >= 0.3 is 0 Å². The van der Waals surface area contributed by atoms with Crippen LogP contribution in [-0.2, 0) is 4.79 Å². The number of nitrogens with zero attached hydrogens (tertiary/aromatic N) is 4. The lowest BCUT2D eigenvalue weighted by molar-refractivity contribution is -0.119. The number of carbonyl (C=O) groups is 2. The van der Waals surface area contributed by atoms with E-state index in [9.17, 15) is 9.59 Å². The number of pyridine rings is 1. The molecule has 9 heteroatoms. The number of ether oxygens (including phenoxy) is 1. The van der Waals surface area contributed by atoms with Crippen molar-refractivity contribution in [1.29, 1.82) is 0 Å². The van der Waals surface area contributed by atoms with E-state index in [1.165, 1.54) is 12.8 Å². The van der Waals surface area contributed by atoms with E-state index in [1.807, 2.05) is 44.3 Å². The minimum atomic E-state index is -0.248. The van der Waals surface area contributed by atoms with Crippen LogP contribution < -0.4 is 25.2 Å². The smallest absolute Gasteiger partial charge is 0.251 e. The van der Waals surface area contributed by atoms with Gasteiger partial charge in [0.25, 0.3) is 5.91 Å². The van der Waals surface area contributed by atoms with Crippen LogP contribution in [0.1, 0.15) is 81.5 Å². The Morgan fingerprint density at radius 1 is 0.951 bits per heavy atom. The lowest BCUT2D eigenvalue weighted by atomic mass is 10.0. The Hall–Kier alpha value is -3.33. The van der Waals surface area contributed by atoms with E-state index in [2.05, 4.69) is 27.5 Å². The third kappa shape index (κ3) is 5.87. The zero-order valence-electron chi connectivity index (χ0n) is 24.7. The maximum atomic E-state index is 13.2. The predicted octanol–water partition coefficient (Wildman–Crippen LogP) is 5.08. The first-order chi connectivity index (χ1) is 19.9. The molecule has 0 bridgehead atoms. The molecule has 9 nitrogen and oxygen atoms in total. The van der Waals surface area contributed by atoms with Crippen molar-refractivity contribution in [3.63, 3.8) is 0 Å². The molecule has 2 aliphatic heterocycles. The van der Waals surface area contributed by atoms with Gasteiger partial charge < -0.3 is 30.1 Å². The summed E-state index contributed by atoms with van der Waals surface area (Å²) in [6.45, 7) is 3.99. The van der Waals surface area contributed by atoms with E-state index >= 15 is 0 Å². The van der Waals surface area contributed by atoms with Crippen LogP contribution >= 0.6 is 0 Å². The largest absolute Gasteiger partial charge is 0.488 e. The molecule has 2 aliphatic carbocycles. The van der Waals surface area contributed by atoms with Gasteiger partial charge in [-0.05, 0) is 109 Å². The summed E-state index contributed by atoms with van der Waals surface area (Å²) in [5.41, 5.74) is 2.25. The molecular formula is C32H44N6O3. The standard InChI is InChI=1S/C32H44N6O3/c1-21-32(40)37(3)27-14-15-29(35-30(27)38(21)24-8-4-5-9-24)34-26-13-12-22(20-28(26)41-25-10-6-7-11-25)31(39)33-23-16-18-36(2)19-17-23/h12-15,20-21,23-25H,4-11,16-19H2,1-3H3,(H,33,39)(H,34,35)/t21-/m1/s1. The first kappa shape index (κ1) is 27.8. The molecule has 4 aliphatic rings. The van der Waals surface area contributed by atoms with Crippen LogP contribution in [0.3, 0.4) is 0 Å². The highest BCUT2D eigenvalue weighted by Gasteiger charge is 2.39. The highest BCUT2D eigenvalue weighted by molar-refractivity contribution is 6.04. The Morgan fingerprint density at radius 3 is 2.39 bits per heavy atom. The summed E-state index contributed by atoms with van der Waals surface area (Å²) in [7, 11) is 3.96. The molecule has 1 aromatic heterocycles. The topological polar surface area (TPSA) is 90.0 Å². The van der Waals surface area contributed by atoms with E-state index < -0.39 is 0 Å². The SMILES string of the molecule is C[C@@H]1C(=O)N(C)c2ccc(Nc3ccc(C(=O)NC4CCN(C)CC4)cc3OC3CCCC3)nc2N1C1CCCC1. The molecular weight excluding hydrogens is 516 g/mol. The van der Waals surface area contributed by atoms with Gasteiger partial charge in [0.15, 0.2) is 5.82 Å². The summed E-state index contributed by atoms with van der Waals surface area (Å²) in [5.74, 6) is 2.28. The normalized spacial score (nSPS) is 22.7. The fourth-order valence-corrected chi connectivity index (χ4v) is 6.95. The Bertz CT molecular complexity index is 1260. The lowest BCUT2D eigenvalue weighted by Gasteiger charge is -2.42. The third-order valence-electron chi connectivity index (χ3n) is 9.44. The minimum absolute atomic E-state index is 0.0526. The predicted molar refractivity (Wildman–Crippen MR) is 162 cm³/mol. The molecule has 2 aromatic rings. The summed E-state index contributed by atoms with van der Waals surface area (Å²) in [6, 6.07) is 9.86. The van der Waals surface area contributed by atoms with Gasteiger partial charge in [-0.15, -0.1) is 0 Å². The van der Waals surface area contributed by atoms with Crippen molar-refractivity contribution < 1.29 is 14.3 Å². The van der Waals surface area contributed by atoms with Gasteiger partial charge in [0.05, 0.1) is 17.5 Å². The number of fused-ring (bicyclic) bond motifs is 1. The Labute approximate surface area is 243 Å². The number of aromatic nitrogens is 1. The van der Waals surface area contributed by atoms with E-state index in [0.29, 0.717) is 23.2 Å². The summed E-state index contributed by atoms with van der Waals surface area (Å²) < 4.78 is 6.50. The molecule has 2 amide bonds. The maximum Gasteiger partial charge on any atom is 0.251 e. The molecule has 1 aromatic carbocycles. The Morgan fingerprint density at radius 2 is 1.66 bits per heavy atom. The molecule has 3 fully saturated rings. The molecule has 0 radical (unpaired) electrons. The number of likely N-dealkylation sites (tertiary alicyclic amines) is 1. The van der Waals surface area contributed by atoms with Gasteiger partial charge in [0, 0.05) is 24.7 Å². The van der Waals surface area contributed by atoms with Crippen LogP contribution in [0.15, 0.2) is 30.3 Å². The van der Waals surface area contributed by atoms with Crippen LogP contribution in [0.25, 0.3) is 0 Å². The maximum absolute atomic E-state index is 13.2. The summed E-state index contributed by atoms with van der Waals surface area (Å²) in [6.07, 6.45) is 11.0. The number of hydrogen-bond acceptors (Lipinski definition) is 7. The second-order valence-electron chi connectivity index (χ2n) is 12.4. The highest BCUT2D eigenvalue weighted by Crippen LogP contribution is 2.40. The van der Waals surface area contributed by atoms with Crippen LogP contribution in [0.4, 0.5) is 23.0 Å². The zero-order valence-corrected chi connectivity index (χ0v) is 24.7. The molecule has 1 saturated heterocycles. The average Bonchev–Trinajstić information content (AvgIpc) is 3.69. The number of amides is 2. The number of carbonyl (C=O) groups excluding carboxylic acids is 2. The minimum Gasteiger partial charge on any atom is -0.488 e. The van der Waals surface area contributed by atoms with Gasteiger partial charge in [-0.1, -0.05) is 12.8 Å². The first-order valence-electron chi connectivity index (χ1n) is 15.5. The fraction of sp³-hybridized carbons (Fsp3) is 0.594. The van der Waals surface area contributed by atoms with Crippen LogP contribution in [-0.4, -0.2) is 73.1 Å². The number of anilines is 4. The summed E-state index contributed by atoms with van der Waals surface area (Å²) >= 11 is 0. The van der Waals surface area contributed by atoms with E-state index in [0.717, 1.165) is 81.6 Å². The number of benzene rings is 1. The molecule has 2 N–H and O–H groups in total. The second-order valence-corrected chi connectivity index (χ2v) is 12.4. The second kappa shape index (κ2) is 11.9. The van der Waals surface area contributed by atoms with Gasteiger partial charge in [0.2, 0.25) is 5.91 Å². The molecule has 6 rings (SSSR count). The molecule has 3 heterocycles. The van der Waals surface area contributed by atoms with Gasteiger partial charge in [0.1, 0.15) is 17.6 Å². The molecule has 0 spiro atoms. The van der Waals surface area contributed by atoms with Crippen molar-refractivity contribution in [1.82, 2.24) is 15.2 Å². The molecule has 1 atom stereocenters. The Balaban J connectivity index is 1.27. The monoisotopic (exact) mass is 560 g/mol. The third-order valence-corrected chi connectivity index (χ3v) is 9.44. The molecule has 41 heavy (non-hydrogen) atoms. The van der Waals surface area contributed by atoms with Crippen LogP contribution in [0.5, 0.6) is 5.75 Å². The van der Waals surface area contributed by atoms with Crippen LogP contribution in [0, 0.1) is 0 Å². The Kier molecular flexibility index (Phi) is 8.06. The van der Waals surface area contributed by atoms with Gasteiger partial charge in [-0.25, -0.2) is 4.98 Å². The molecule has 220 valence electrons. The fourth-order valence-electron chi connectivity index (χ4n) is 6.95. The van der Waals surface area contributed by atoms with Crippen molar-refractivity contribution in [2.75, 3.05) is 42.3 Å². The average molecular weight is 561 g/mol. The van der Waals surface area contributed by atoms with Crippen molar-refractivity contribution >= 4 is 34.8 Å². The van der Waals surface area contributed by atoms with Gasteiger partial charge in [-0.3, -0.25) is 9.59 Å². The lowest BCUT2D eigenvalue weighted by Crippen LogP contribution is -2.54. The number of piperidine rings is 1. The van der Waals surface area contributed by atoms with Crippen LogP contribution in [0.2, 0.25) is 0 Å². The summed E-state index contributed by atoms with van der Waals surface area (Å²) in [4.78, 5) is 37.6. The number of hydrogen-bond donors (Lipinski definition) is 2. The summed E-state index contributed by atoms with van der Waals surface area (Å²) in [5, 5.41) is 6.73. The number of likely N-dealkylation sites (N-methyl/N-ethyl adjacent to an activating group) is 1. The molecule has 2 saturated carbocycles. The first-order valence-corrected chi connectivity index (χ1v) is 15.5. The quantitative estimate of drug-likeness (QED) is 0.488. The molecule has 0 unspecified atom stereocenters. The highest BCUT2D eigenvalue weighted by atomic mass is 16.5. The number of rotatable bonds is 7.